The summed E-state index contributed by atoms with van der Waals surface area (Å²) in [5.74, 6) is 0. The molecule has 0 heterocycles. The van der Waals surface area contributed by atoms with Crippen LogP contribution in [0.25, 0.3) is 12.2 Å². The predicted molar refractivity (Wildman–Crippen MR) is 125 cm³/mol. The van der Waals surface area contributed by atoms with E-state index in [9.17, 15) is 0 Å². The van der Waals surface area contributed by atoms with Crippen molar-refractivity contribution in [1.82, 2.24) is 0 Å². The number of halogens is 2. The molecule has 0 bridgehead atoms. The molecule has 0 nitrogen and oxygen atoms in total. The van der Waals surface area contributed by atoms with Crippen LogP contribution in [-0.4, -0.2) is 6.88 Å². The Labute approximate surface area is 178 Å². The minimum Gasteiger partial charge on any atom is -0.147 e. The van der Waals surface area contributed by atoms with E-state index in [-0.39, 0.29) is 24.8 Å². The smallest absolute Gasteiger partial charge is 0.147 e. The third-order valence-corrected chi connectivity index (χ3v) is 24.2. The van der Waals surface area contributed by atoms with Gasteiger partial charge in [0.05, 0.1) is 0 Å². The molecule has 2 aliphatic carbocycles. The molecule has 0 amide bonds. The molecular formula is C23H30Cl2SiZr. The molecule has 2 atom stereocenters. The van der Waals surface area contributed by atoms with E-state index in [2.05, 4.69) is 90.7 Å². The second-order valence-corrected chi connectivity index (χ2v) is 39.5. The largest absolute Gasteiger partial charge is 0.147 e. The Balaban J connectivity index is 0.00000131. The SMILES string of the molecule is CCC1=Cc2ccccc2[CH]1[Zr]([CH3])([CH3])(=[SiH2])[CH]1C(C)=Cc2ccccc21.Cl.Cl. The molecule has 2 unspecified atom stereocenters. The van der Waals surface area contributed by atoms with Crippen LogP contribution in [-0.2, 0) is 17.4 Å². The van der Waals surface area contributed by atoms with Crippen molar-refractivity contribution in [3.8, 4) is 0 Å². The van der Waals surface area contributed by atoms with E-state index in [1.807, 2.05) is 0 Å². The number of benzene rings is 2. The fourth-order valence-electron chi connectivity index (χ4n) is 5.72. The van der Waals surface area contributed by atoms with Crippen molar-refractivity contribution in [2.24, 2.45) is 0 Å². The van der Waals surface area contributed by atoms with E-state index < -0.39 is 17.4 Å². The van der Waals surface area contributed by atoms with E-state index in [1.165, 1.54) is 17.5 Å². The number of hydrogen-bond donors (Lipinski definition) is 0. The summed E-state index contributed by atoms with van der Waals surface area (Å²) in [4.78, 5) is 0. The van der Waals surface area contributed by atoms with E-state index >= 15 is 0 Å². The van der Waals surface area contributed by atoms with Crippen molar-refractivity contribution in [2.45, 2.75) is 36.8 Å². The minimum absolute atomic E-state index is 0. The molecule has 2 aromatic rings. The Morgan fingerprint density at radius 1 is 0.815 bits per heavy atom. The summed E-state index contributed by atoms with van der Waals surface area (Å²) in [6.45, 7) is 7.13. The van der Waals surface area contributed by atoms with E-state index in [4.69, 9.17) is 0 Å². The van der Waals surface area contributed by atoms with Gasteiger partial charge in [-0.1, -0.05) is 0 Å². The van der Waals surface area contributed by atoms with Gasteiger partial charge in [-0.25, -0.2) is 0 Å². The summed E-state index contributed by atoms with van der Waals surface area (Å²) in [6, 6.07) is 18.2. The Hall–Kier alpha value is -0.400. The number of hydrogen-bond acceptors (Lipinski definition) is 0. The maximum atomic E-state index is 2.71. The predicted octanol–water partition coefficient (Wildman–Crippen LogP) is 6.87. The number of allylic oxidation sites excluding steroid dienone is 2. The van der Waals surface area contributed by atoms with E-state index in [0.717, 1.165) is 0 Å². The molecule has 27 heavy (non-hydrogen) atoms. The third kappa shape index (κ3) is 3.52. The average molecular weight is 497 g/mol. The maximum Gasteiger partial charge on any atom is -0.147 e. The van der Waals surface area contributed by atoms with Crippen LogP contribution in [0.2, 0.25) is 9.26 Å². The molecule has 4 heteroatoms. The first-order chi connectivity index (χ1) is 11.8. The van der Waals surface area contributed by atoms with Crippen molar-refractivity contribution in [3.63, 3.8) is 0 Å². The van der Waals surface area contributed by atoms with Gasteiger partial charge in [-0.05, 0) is 0 Å². The first-order valence-corrected chi connectivity index (χ1v) is 23.1. The molecule has 0 saturated heterocycles. The molecule has 0 radical (unpaired) electrons. The molecule has 0 saturated carbocycles. The summed E-state index contributed by atoms with van der Waals surface area (Å²) in [5, 5.41) is 0. The van der Waals surface area contributed by atoms with Crippen LogP contribution in [0.4, 0.5) is 0 Å². The zero-order chi connectivity index (χ0) is 17.8. The number of rotatable bonds is 3. The van der Waals surface area contributed by atoms with Crippen molar-refractivity contribution < 1.29 is 17.4 Å². The van der Waals surface area contributed by atoms with Crippen LogP contribution in [0.3, 0.4) is 0 Å². The maximum absolute atomic E-state index is 3.19. The van der Waals surface area contributed by atoms with Crippen LogP contribution >= 0.6 is 24.8 Å². The molecule has 144 valence electrons. The van der Waals surface area contributed by atoms with Gasteiger partial charge < -0.3 is 0 Å². The van der Waals surface area contributed by atoms with Gasteiger partial charge in [0.15, 0.2) is 0 Å². The van der Waals surface area contributed by atoms with Gasteiger partial charge in [0, 0.05) is 0 Å². The first kappa shape index (κ1) is 22.9. The monoisotopic (exact) mass is 494 g/mol. The van der Waals surface area contributed by atoms with Crippen molar-refractivity contribution >= 4 is 43.8 Å². The molecule has 2 aromatic carbocycles. The zero-order valence-corrected chi connectivity index (χ0v) is 22.2. The van der Waals surface area contributed by atoms with E-state index in [1.54, 1.807) is 22.3 Å². The van der Waals surface area contributed by atoms with Gasteiger partial charge in [-0.2, -0.15) is 0 Å². The van der Waals surface area contributed by atoms with Crippen molar-refractivity contribution in [2.75, 3.05) is 0 Å². The van der Waals surface area contributed by atoms with Crippen molar-refractivity contribution in [1.29, 1.82) is 0 Å². The van der Waals surface area contributed by atoms with Gasteiger partial charge in [-0.3, -0.25) is 0 Å². The average Bonchev–Trinajstić information content (AvgIpc) is 3.11. The van der Waals surface area contributed by atoms with Crippen LogP contribution < -0.4 is 0 Å². The Bertz CT molecular complexity index is 997. The first-order valence-electron chi connectivity index (χ1n) is 9.46. The van der Waals surface area contributed by atoms with Crippen LogP contribution in [0.5, 0.6) is 0 Å². The second kappa shape index (κ2) is 7.79. The van der Waals surface area contributed by atoms with Gasteiger partial charge in [-0.15, -0.1) is 24.8 Å². The standard InChI is InChI=1S/C11H11.C10H9.2CH3.2ClH.H2Si.Zr/c1-2-9-7-10-5-3-4-6-11(10)8-9;1-8-6-9-4-2-3-5-10(9)7-8;;;;;;/h3-8H,2H2,1H3;2-7H,1H3;2*1H3;2*1H;1H2;. The Morgan fingerprint density at radius 3 is 1.85 bits per heavy atom. The topological polar surface area (TPSA) is 0 Å². The molecule has 0 aliphatic heterocycles. The quantitative estimate of drug-likeness (QED) is 0.407. The van der Waals surface area contributed by atoms with Crippen LogP contribution in [0.1, 0.15) is 49.8 Å². The molecule has 0 spiro atoms. The van der Waals surface area contributed by atoms with Crippen molar-refractivity contribution in [3.05, 3.63) is 81.9 Å². The van der Waals surface area contributed by atoms with Gasteiger partial charge in [0.25, 0.3) is 0 Å². The summed E-state index contributed by atoms with van der Waals surface area (Å²) in [7, 11) is 0. The Morgan fingerprint density at radius 2 is 1.30 bits per heavy atom. The molecule has 2 aliphatic rings. The van der Waals surface area contributed by atoms with Crippen LogP contribution in [0, 0.1) is 0 Å². The zero-order valence-electron chi connectivity index (χ0n) is 16.7. The fourth-order valence-corrected chi connectivity index (χ4v) is 26.5. The summed E-state index contributed by atoms with van der Waals surface area (Å²) in [5.41, 5.74) is 9.37. The molecule has 0 aromatic heterocycles. The molecule has 0 N–H and O–H groups in total. The van der Waals surface area contributed by atoms with Gasteiger partial charge in [0.2, 0.25) is 0 Å². The normalized spacial score (nSPS) is 20.6. The second-order valence-electron chi connectivity index (χ2n) is 9.02. The van der Waals surface area contributed by atoms with E-state index in [0.29, 0.717) is 7.25 Å². The summed E-state index contributed by atoms with van der Waals surface area (Å²) >= 11 is -3.19. The van der Waals surface area contributed by atoms with Crippen LogP contribution in [0.15, 0.2) is 59.7 Å². The molecule has 4 rings (SSSR count). The third-order valence-electron chi connectivity index (χ3n) is 6.47. The van der Waals surface area contributed by atoms with Gasteiger partial charge in [0.1, 0.15) is 0 Å². The Kier molecular flexibility index (Phi) is 6.60. The van der Waals surface area contributed by atoms with Gasteiger partial charge >= 0.3 is 155 Å². The molecule has 0 fully saturated rings. The minimum atomic E-state index is -3.19. The summed E-state index contributed by atoms with van der Waals surface area (Å²) in [6.07, 6.45) is 6.11. The fraction of sp³-hybridized carbons (Fsp3) is 0.304. The molecular weight excluding hydrogens is 466 g/mol. The number of fused-ring (bicyclic) bond motifs is 2. The summed E-state index contributed by atoms with van der Waals surface area (Å²) < 4.78 is 6.74.